The molecular weight excluding hydrogens is 238 g/mol. The summed E-state index contributed by atoms with van der Waals surface area (Å²) in [6.07, 6.45) is 3.56. The highest BCUT2D eigenvalue weighted by atomic mass is 15.3. The Hall–Kier alpha value is -2.43. The number of hydrogen-bond donors (Lipinski definition) is 1. The topological polar surface area (TPSA) is 55.6 Å². The molecule has 2 heterocycles. The van der Waals surface area contributed by atoms with E-state index in [0.717, 1.165) is 23.6 Å². The van der Waals surface area contributed by atoms with E-state index in [4.69, 9.17) is 0 Å². The number of nitrogens with zero attached hydrogens (tertiary/aromatic N) is 4. The number of rotatable bonds is 4. The Morgan fingerprint density at radius 2 is 2.11 bits per heavy atom. The minimum atomic E-state index is 0.620. The number of aryl methyl sites for hydroxylation is 1. The predicted molar refractivity (Wildman–Crippen MR) is 74.8 cm³/mol. The van der Waals surface area contributed by atoms with E-state index in [1.807, 2.05) is 29.0 Å². The lowest BCUT2D eigenvalue weighted by Gasteiger charge is -2.08. The van der Waals surface area contributed by atoms with Crippen molar-refractivity contribution >= 4 is 16.6 Å². The molecule has 96 valence electrons. The Morgan fingerprint density at radius 1 is 1.21 bits per heavy atom. The molecule has 0 atom stereocenters. The van der Waals surface area contributed by atoms with Gasteiger partial charge < -0.3 is 9.88 Å². The lowest BCUT2D eigenvalue weighted by Crippen LogP contribution is -2.08. The van der Waals surface area contributed by atoms with E-state index in [9.17, 15) is 0 Å². The van der Waals surface area contributed by atoms with E-state index in [2.05, 4.69) is 39.6 Å². The molecule has 0 unspecified atom stereocenters. The summed E-state index contributed by atoms with van der Waals surface area (Å²) in [7, 11) is 0. The molecular formula is C14H15N5. The molecule has 0 saturated heterocycles. The van der Waals surface area contributed by atoms with E-state index in [0.29, 0.717) is 6.54 Å². The minimum Gasteiger partial charge on any atom is -0.362 e. The van der Waals surface area contributed by atoms with Gasteiger partial charge in [0, 0.05) is 18.1 Å². The first-order chi connectivity index (χ1) is 9.38. The second-order valence-corrected chi connectivity index (χ2v) is 4.27. The molecule has 2 aromatic heterocycles. The van der Waals surface area contributed by atoms with Gasteiger partial charge in [-0.1, -0.05) is 24.3 Å². The van der Waals surface area contributed by atoms with Crippen LogP contribution < -0.4 is 5.32 Å². The molecule has 19 heavy (non-hydrogen) atoms. The van der Waals surface area contributed by atoms with Crippen LogP contribution in [0.15, 0.2) is 42.9 Å². The minimum absolute atomic E-state index is 0.620. The zero-order valence-electron chi connectivity index (χ0n) is 10.7. The van der Waals surface area contributed by atoms with Gasteiger partial charge in [-0.25, -0.2) is 4.98 Å². The van der Waals surface area contributed by atoms with Crippen LogP contribution in [-0.2, 0) is 13.1 Å². The maximum atomic E-state index is 4.39. The quantitative estimate of drug-likeness (QED) is 0.776. The first kappa shape index (κ1) is 11.6. The van der Waals surface area contributed by atoms with Crippen molar-refractivity contribution in [2.45, 2.75) is 20.0 Å². The fourth-order valence-corrected chi connectivity index (χ4v) is 2.10. The van der Waals surface area contributed by atoms with Crippen LogP contribution in [0.5, 0.6) is 0 Å². The van der Waals surface area contributed by atoms with Gasteiger partial charge in [0.05, 0.1) is 6.54 Å². The Kier molecular flexibility index (Phi) is 3.10. The van der Waals surface area contributed by atoms with Crippen molar-refractivity contribution in [2.24, 2.45) is 0 Å². The summed E-state index contributed by atoms with van der Waals surface area (Å²) >= 11 is 0. The number of hydrogen-bond acceptors (Lipinski definition) is 4. The Labute approximate surface area is 111 Å². The van der Waals surface area contributed by atoms with Crippen LogP contribution in [0.4, 0.5) is 5.82 Å². The second kappa shape index (κ2) is 5.06. The normalized spacial score (nSPS) is 10.8. The molecule has 1 aromatic carbocycles. The molecule has 3 aromatic rings. The van der Waals surface area contributed by atoms with Gasteiger partial charge in [-0.15, -0.1) is 10.2 Å². The van der Waals surface area contributed by atoms with Gasteiger partial charge in [-0.05, 0) is 18.4 Å². The van der Waals surface area contributed by atoms with Crippen molar-refractivity contribution in [3.63, 3.8) is 0 Å². The van der Waals surface area contributed by atoms with E-state index in [-0.39, 0.29) is 0 Å². The standard InChI is InChI=1S/C14H15N5/c1-2-19-10-17-18-13(19)9-16-14-12-6-4-3-5-11(12)7-8-15-14/h3-8,10H,2,9H2,1H3,(H,15,16). The first-order valence-corrected chi connectivity index (χ1v) is 6.33. The van der Waals surface area contributed by atoms with Crippen molar-refractivity contribution < 1.29 is 0 Å². The summed E-state index contributed by atoms with van der Waals surface area (Å²) < 4.78 is 2.01. The largest absolute Gasteiger partial charge is 0.362 e. The average Bonchev–Trinajstić information content (AvgIpc) is 2.92. The van der Waals surface area contributed by atoms with E-state index in [1.54, 1.807) is 6.33 Å². The summed E-state index contributed by atoms with van der Waals surface area (Å²) in [5.41, 5.74) is 0. The third kappa shape index (κ3) is 2.27. The van der Waals surface area contributed by atoms with Crippen LogP contribution in [0.2, 0.25) is 0 Å². The molecule has 0 radical (unpaired) electrons. The summed E-state index contributed by atoms with van der Waals surface area (Å²) in [5, 5.41) is 13.7. The number of nitrogens with one attached hydrogen (secondary N) is 1. The first-order valence-electron chi connectivity index (χ1n) is 6.33. The van der Waals surface area contributed by atoms with Crippen LogP contribution >= 0.6 is 0 Å². The van der Waals surface area contributed by atoms with Crippen LogP contribution in [0.3, 0.4) is 0 Å². The predicted octanol–water partition coefficient (Wildman–Crippen LogP) is 2.46. The number of benzene rings is 1. The maximum Gasteiger partial charge on any atom is 0.152 e. The van der Waals surface area contributed by atoms with Crippen molar-refractivity contribution in [2.75, 3.05) is 5.32 Å². The Morgan fingerprint density at radius 3 is 3.00 bits per heavy atom. The fraction of sp³-hybridized carbons (Fsp3) is 0.214. The summed E-state index contributed by atoms with van der Waals surface area (Å²) in [6.45, 7) is 3.56. The van der Waals surface area contributed by atoms with Crippen molar-refractivity contribution in [3.05, 3.63) is 48.7 Å². The van der Waals surface area contributed by atoms with E-state index >= 15 is 0 Å². The zero-order chi connectivity index (χ0) is 13.1. The third-order valence-electron chi connectivity index (χ3n) is 3.12. The molecule has 0 saturated carbocycles. The molecule has 0 amide bonds. The molecule has 1 N–H and O–H groups in total. The molecule has 0 bridgehead atoms. The molecule has 3 rings (SSSR count). The summed E-state index contributed by atoms with van der Waals surface area (Å²) in [5.74, 6) is 1.79. The summed E-state index contributed by atoms with van der Waals surface area (Å²) in [6, 6.07) is 10.2. The number of fused-ring (bicyclic) bond motifs is 1. The monoisotopic (exact) mass is 253 g/mol. The van der Waals surface area contributed by atoms with Crippen molar-refractivity contribution in [3.8, 4) is 0 Å². The maximum absolute atomic E-state index is 4.39. The highest BCUT2D eigenvalue weighted by molar-refractivity contribution is 5.91. The molecule has 0 aliphatic rings. The molecule has 0 aliphatic heterocycles. The van der Waals surface area contributed by atoms with Crippen LogP contribution in [0, 0.1) is 0 Å². The van der Waals surface area contributed by atoms with Gasteiger partial charge in [0.25, 0.3) is 0 Å². The molecule has 0 fully saturated rings. The van der Waals surface area contributed by atoms with Crippen LogP contribution in [0.1, 0.15) is 12.7 Å². The van der Waals surface area contributed by atoms with Gasteiger partial charge in [0.2, 0.25) is 0 Å². The van der Waals surface area contributed by atoms with Gasteiger partial charge in [-0.2, -0.15) is 0 Å². The fourth-order valence-electron chi connectivity index (χ4n) is 2.10. The average molecular weight is 253 g/mol. The van der Waals surface area contributed by atoms with Gasteiger partial charge in [-0.3, -0.25) is 0 Å². The lowest BCUT2D eigenvalue weighted by atomic mass is 10.1. The van der Waals surface area contributed by atoms with Crippen LogP contribution in [-0.4, -0.2) is 19.7 Å². The lowest BCUT2D eigenvalue weighted by molar-refractivity contribution is 0.707. The van der Waals surface area contributed by atoms with Crippen molar-refractivity contribution in [1.82, 2.24) is 19.7 Å². The van der Waals surface area contributed by atoms with E-state index in [1.165, 1.54) is 5.39 Å². The SMILES string of the molecule is CCn1cnnc1CNc1nccc2ccccc12. The molecule has 5 heteroatoms. The summed E-state index contributed by atoms with van der Waals surface area (Å²) in [4.78, 5) is 4.39. The Bertz CT molecular complexity index is 684. The molecule has 0 spiro atoms. The Balaban J connectivity index is 1.86. The van der Waals surface area contributed by atoms with Gasteiger partial charge in [0.1, 0.15) is 12.1 Å². The second-order valence-electron chi connectivity index (χ2n) is 4.27. The smallest absolute Gasteiger partial charge is 0.152 e. The molecule has 0 aliphatic carbocycles. The number of anilines is 1. The highest BCUT2D eigenvalue weighted by Crippen LogP contribution is 2.20. The van der Waals surface area contributed by atoms with E-state index < -0.39 is 0 Å². The van der Waals surface area contributed by atoms with Gasteiger partial charge >= 0.3 is 0 Å². The number of aromatic nitrogens is 4. The zero-order valence-corrected chi connectivity index (χ0v) is 10.7. The molecule has 5 nitrogen and oxygen atoms in total. The van der Waals surface area contributed by atoms with Crippen LogP contribution in [0.25, 0.3) is 10.8 Å². The number of pyridine rings is 1. The third-order valence-corrected chi connectivity index (χ3v) is 3.12. The van der Waals surface area contributed by atoms with Crippen molar-refractivity contribution in [1.29, 1.82) is 0 Å². The highest BCUT2D eigenvalue weighted by Gasteiger charge is 2.05. The van der Waals surface area contributed by atoms with Gasteiger partial charge in [0.15, 0.2) is 5.82 Å².